The highest BCUT2D eigenvalue weighted by atomic mass is 16.5. The van der Waals surface area contributed by atoms with Crippen molar-refractivity contribution >= 4 is 6.72 Å². The summed E-state index contributed by atoms with van der Waals surface area (Å²) in [5, 5.41) is 0. The Bertz CT molecular complexity index is 173. The molecule has 0 unspecified atom stereocenters. The Morgan fingerprint density at radius 3 is 2.75 bits per heavy atom. The molecule has 0 radical (unpaired) electrons. The predicted molar refractivity (Wildman–Crippen MR) is 50.3 cm³/mol. The second kappa shape index (κ2) is 8.01. The first-order valence-electron chi connectivity index (χ1n) is 3.76. The van der Waals surface area contributed by atoms with E-state index in [1.165, 1.54) is 0 Å². The standard InChI is InChI=1S/C9H15NO2/c1-4-5-6-9(10-2)12-8-7-11-3/h4-6H,2,7-8H2,1,3H3/b5-4-,9-6+. The maximum Gasteiger partial charge on any atom is 0.212 e. The van der Waals surface area contributed by atoms with Crippen LogP contribution in [0.5, 0.6) is 0 Å². The van der Waals surface area contributed by atoms with Gasteiger partial charge in [-0.1, -0.05) is 12.2 Å². The molecule has 0 heterocycles. The van der Waals surface area contributed by atoms with Gasteiger partial charge in [-0.15, -0.1) is 0 Å². The minimum atomic E-state index is 0.499. The van der Waals surface area contributed by atoms with Crippen LogP contribution in [0.1, 0.15) is 6.92 Å². The maximum atomic E-state index is 5.19. The molecule has 0 aromatic heterocycles. The van der Waals surface area contributed by atoms with Gasteiger partial charge in [0.05, 0.1) is 6.61 Å². The van der Waals surface area contributed by atoms with Crippen LogP contribution in [-0.4, -0.2) is 27.0 Å². The zero-order valence-corrected chi connectivity index (χ0v) is 7.62. The van der Waals surface area contributed by atoms with Crippen LogP contribution in [0.4, 0.5) is 0 Å². The SMILES string of the molecule is C=N/C(=C\C=C/C)OCCOC. The van der Waals surface area contributed by atoms with Gasteiger partial charge >= 0.3 is 0 Å². The van der Waals surface area contributed by atoms with E-state index in [0.29, 0.717) is 19.1 Å². The minimum absolute atomic E-state index is 0.499. The Morgan fingerprint density at radius 1 is 1.50 bits per heavy atom. The lowest BCUT2D eigenvalue weighted by Crippen LogP contribution is -2.00. The maximum absolute atomic E-state index is 5.19. The first-order chi connectivity index (χ1) is 5.85. The summed E-state index contributed by atoms with van der Waals surface area (Å²) in [6, 6.07) is 0. The Kier molecular flexibility index (Phi) is 7.28. The molecule has 0 atom stereocenters. The van der Waals surface area contributed by atoms with E-state index in [1.54, 1.807) is 13.2 Å². The second-order valence-electron chi connectivity index (χ2n) is 2.03. The van der Waals surface area contributed by atoms with Crippen molar-refractivity contribution in [2.45, 2.75) is 6.92 Å². The zero-order chi connectivity index (χ0) is 9.23. The van der Waals surface area contributed by atoms with Crippen LogP contribution in [0, 0.1) is 0 Å². The molecule has 0 aliphatic heterocycles. The Morgan fingerprint density at radius 2 is 2.25 bits per heavy atom. The van der Waals surface area contributed by atoms with E-state index < -0.39 is 0 Å². The summed E-state index contributed by atoms with van der Waals surface area (Å²) in [6.45, 7) is 6.35. The van der Waals surface area contributed by atoms with Gasteiger partial charge in [-0.2, -0.15) is 0 Å². The first-order valence-corrected chi connectivity index (χ1v) is 3.76. The molecule has 0 rings (SSSR count). The van der Waals surface area contributed by atoms with Crippen LogP contribution in [0.3, 0.4) is 0 Å². The monoisotopic (exact) mass is 169 g/mol. The van der Waals surface area contributed by atoms with E-state index in [1.807, 2.05) is 19.1 Å². The van der Waals surface area contributed by atoms with Crippen LogP contribution in [-0.2, 0) is 9.47 Å². The van der Waals surface area contributed by atoms with Crippen LogP contribution in [0.2, 0.25) is 0 Å². The van der Waals surface area contributed by atoms with E-state index in [0.717, 1.165) is 0 Å². The Balaban J connectivity index is 3.74. The summed E-state index contributed by atoms with van der Waals surface area (Å²) in [5.41, 5.74) is 0. The van der Waals surface area contributed by atoms with Crippen molar-refractivity contribution in [1.82, 2.24) is 0 Å². The third-order valence-corrected chi connectivity index (χ3v) is 1.12. The normalized spacial score (nSPS) is 12.0. The lowest BCUT2D eigenvalue weighted by molar-refractivity contribution is 0.109. The quantitative estimate of drug-likeness (QED) is 0.262. The topological polar surface area (TPSA) is 30.8 Å². The lowest BCUT2D eigenvalue weighted by atomic mass is 10.5. The van der Waals surface area contributed by atoms with E-state index >= 15 is 0 Å². The molecule has 0 amide bonds. The largest absolute Gasteiger partial charge is 0.475 e. The molecule has 0 bridgehead atoms. The molecule has 0 aromatic carbocycles. The first kappa shape index (κ1) is 10.9. The number of rotatable bonds is 6. The fourth-order valence-electron chi connectivity index (χ4n) is 0.555. The fraction of sp³-hybridized carbons (Fsp3) is 0.444. The third kappa shape index (κ3) is 5.68. The lowest BCUT2D eigenvalue weighted by Gasteiger charge is -2.03. The van der Waals surface area contributed by atoms with E-state index in [9.17, 15) is 0 Å². The molecule has 0 aliphatic rings. The van der Waals surface area contributed by atoms with Crippen molar-refractivity contribution < 1.29 is 9.47 Å². The van der Waals surface area contributed by atoms with Crippen molar-refractivity contribution in [3.63, 3.8) is 0 Å². The highest BCUT2D eigenvalue weighted by molar-refractivity contribution is 5.28. The molecule has 0 saturated heterocycles. The summed E-state index contributed by atoms with van der Waals surface area (Å²) in [7, 11) is 1.63. The van der Waals surface area contributed by atoms with Crippen molar-refractivity contribution in [1.29, 1.82) is 0 Å². The molecule has 0 N–H and O–H groups in total. The highest BCUT2D eigenvalue weighted by Gasteiger charge is 1.90. The van der Waals surface area contributed by atoms with E-state index in [-0.39, 0.29) is 0 Å². The summed E-state index contributed by atoms with van der Waals surface area (Å²) in [5.74, 6) is 0.519. The predicted octanol–water partition coefficient (Wildman–Crippen LogP) is 1.77. The molecule has 0 aliphatic carbocycles. The molecule has 0 aromatic rings. The summed E-state index contributed by atoms with van der Waals surface area (Å²) < 4.78 is 10.00. The van der Waals surface area contributed by atoms with E-state index in [4.69, 9.17) is 9.47 Å². The molecule has 3 nitrogen and oxygen atoms in total. The average molecular weight is 169 g/mol. The highest BCUT2D eigenvalue weighted by Crippen LogP contribution is 1.97. The molecule has 68 valence electrons. The Hall–Kier alpha value is -1.09. The number of methoxy groups -OCH3 is 1. The number of hydrogen-bond acceptors (Lipinski definition) is 3. The van der Waals surface area contributed by atoms with Crippen molar-refractivity contribution in [3.05, 3.63) is 24.1 Å². The van der Waals surface area contributed by atoms with Crippen LogP contribution in [0.25, 0.3) is 0 Å². The summed E-state index contributed by atoms with van der Waals surface area (Å²) >= 11 is 0. The fourth-order valence-corrected chi connectivity index (χ4v) is 0.555. The van der Waals surface area contributed by atoms with Gasteiger partial charge in [0.25, 0.3) is 0 Å². The van der Waals surface area contributed by atoms with Crippen molar-refractivity contribution in [2.24, 2.45) is 4.99 Å². The number of nitrogens with zero attached hydrogens (tertiary/aromatic N) is 1. The molecular weight excluding hydrogens is 154 g/mol. The third-order valence-electron chi connectivity index (χ3n) is 1.12. The van der Waals surface area contributed by atoms with Gasteiger partial charge in [-0.25, -0.2) is 4.99 Å². The number of allylic oxidation sites excluding steroid dienone is 3. The molecule has 0 saturated carbocycles. The van der Waals surface area contributed by atoms with Crippen molar-refractivity contribution in [2.75, 3.05) is 20.3 Å². The van der Waals surface area contributed by atoms with E-state index in [2.05, 4.69) is 11.7 Å². The molecule has 0 spiro atoms. The van der Waals surface area contributed by atoms with Gasteiger partial charge in [-0.3, -0.25) is 0 Å². The van der Waals surface area contributed by atoms with Gasteiger partial charge in [-0.05, 0) is 19.7 Å². The summed E-state index contributed by atoms with van der Waals surface area (Å²) in [4.78, 5) is 3.68. The molecular formula is C9H15NO2. The number of aliphatic imine (C=N–C) groups is 1. The summed E-state index contributed by atoms with van der Waals surface area (Å²) in [6.07, 6.45) is 5.49. The Labute approximate surface area is 73.4 Å². The molecule has 0 fully saturated rings. The number of ether oxygens (including phenoxy) is 2. The zero-order valence-electron chi connectivity index (χ0n) is 7.62. The van der Waals surface area contributed by atoms with Gasteiger partial charge in [0.15, 0.2) is 0 Å². The van der Waals surface area contributed by atoms with Gasteiger partial charge in [0.2, 0.25) is 5.88 Å². The van der Waals surface area contributed by atoms with Gasteiger partial charge in [0.1, 0.15) is 6.61 Å². The van der Waals surface area contributed by atoms with Crippen molar-refractivity contribution in [3.8, 4) is 0 Å². The molecule has 12 heavy (non-hydrogen) atoms. The minimum Gasteiger partial charge on any atom is -0.475 e. The molecule has 3 heteroatoms. The smallest absolute Gasteiger partial charge is 0.212 e. The second-order valence-corrected chi connectivity index (χ2v) is 2.03. The number of hydrogen-bond donors (Lipinski definition) is 0. The average Bonchev–Trinajstić information content (AvgIpc) is 2.11. The van der Waals surface area contributed by atoms with Gasteiger partial charge in [0, 0.05) is 7.11 Å². The van der Waals surface area contributed by atoms with Crippen LogP contribution in [0.15, 0.2) is 29.1 Å². The van der Waals surface area contributed by atoms with Gasteiger partial charge < -0.3 is 9.47 Å². The van der Waals surface area contributed by atoms with Crippen LogP contribution >= 0.6 is 0 Å². The van der Waals surface area contributed by atoms with Crippen LogP contribution < -0.4 is 0 Å².